The van der Waals surface area contributed by atoms with Gasteiger partial charge in [0.25, 0.3) is 0 Å². The van der Waals surface area contributed by atoms with Crippen molar-refractivity contribution in [2.45, 2.75) is 20.3 Å². The predicted molar refractivity (Wildman–Crippen MR) is 58.7 cm³/mol. The molecule has 0 unspecified atom stereocenters. The molecular formula is C12H16N2. The first-order valence-corrected chi connectivity index (χ1v) is 5.07. The Hall–Kier alpha value is -1.44. The van der Waals surface area contributed by atoms with Crippen molar-refractivity contribution in [3.8, 4) is 5.69 Å². The van der Waals surface area contributed by atoms with Gasteiger partial charge in [0.2, 0.25) is 0 Å². The van der Waals surface area contributed by atoms with E-state index in [1.54, 1.807) is 0 Å². The molecule has 2 heterocycles. The van der Waals surface area contributed by atoms with Gasteiger partial charge in [-0.15, -0.1) is 0 Å². The molecule has 0 saturated carbocycles. The van der Waals surface area contributed by atoms with Crippen molar-refractivity contribution in [2.24, 2.45) is 5.92 Å². The number of nitrogens with zero attached hydrogens (tertiary/aromatic N) is 1. The maximum Gasteiger partial charge on any atom is 0.0657 e. The van der Waals surface area contributed by atoms with Gasteiger partial charge in [0.15, 0.2) is 0 Å². The average molecular weight is 188 g/mol. The molecule has 0 spiro atoms. The lowest BCUT2D eigenvalue weighted by atomic mass is 10.1. The number of aromatic nitrogens is 2. The van der Waals surface area contributed by atoms with E-state index in [1.807, 2.05) is 18.3 Å². The van der Waals surface area contributed by atoms with Crippen LogP contribution >= 0.6 is 0 Å². The first-order chi connectivity index (χ1) is 6.77. The summed E-state index contributed by atoms with van der Waals surface area (Å²) in [6, 6.07) is 6.22. The van der Waals surface area contributed by atoms with Gasteiger partial charge < -0.3 is 9.55 Å². The van der Waals surface area contributed by atoms with Gasteiger partial charge in [0.1, 0.15) is 0 Å². The van der Waals surface area contributed by atoms with Crippen LogP contribution in [0, 0.1) is 5.92 Å². The minimum atomic E-state index is 0.683. The quantitative estimate of drug-likeness (QED) is 0.764. The maximum absolute atomic E-state index is 3.30. The van der Waals surface area contributed by atoms with Crippen molar-refractivity contribution in [1.82, 2.24) is 9.55 Å². The van der Waals surface area contributed by atoms with Gasteiger partial charge in [-0.3, -0.25) is 0 Å². The van der Waals surface area contributed by atoms with E-state index in [-0.39, 0.29) is 0 Å². The monoisotopic (exact) mass is 188 g/mol. The number of rotatable bonds is 3. The number of aromatic amines is 1. The van der Waals surface area contributed by atoms with Crippen LogP contribution in [0.15, 0.2) is 36.8 Å². The third-order valence-corrected chi connectivity index (χ3v) is 2.30. The molecule has 2 aromatic rings. The molecule has 2 rings (SSSR count). The summed E-state index contributed by atoms with van der Waals surface area (Å²) in [5, 5.41) is 0. The summed E-state index contributed by atoms with van der Waals surface area (Å²) in [7, 11) is 0. The highest BCUT2D eigenvalue weighted by atomic mass is 15.0. The lowest BCUT2D eigenvalue weighted by Crippen LogP contribution is -1.99. The Morgan fingerprint density at radius 3 is 2.64 bits per heavy atom. The van der Waals surface area contributed by atoms with Gasteiger partial charge in [-0.2, -0.15) is 0 Å². The fourth-order valence-corrected chi connectivity index (χ4v) is 1.70. The molecule has 0 fully saturated rings. The molecule has 2 heteroatoms. The summed E-state index contributed by atoms with van der Waals surface area (Å²) >= 11 is 0. The highest BCUT2D eigenvalue weighted by Crippen LogP contribution is 2.16. The molecule has 2 aromatic heterocycles. The highest BCUT2D eigenvalue weighted by molar-refractivity contribution is 5.37. The molecule has 0 aliphatic carbocycles. The molecule has 0 atom stereocenters. The van der Waals surface area contributed by atoms with Crippen molar-refractivity contribution in [3.63, 3.8) is 0 Å². The van der Waals surface area contributed by atoms with E-state index in [0.29, 0.717) is 5.92 Å². The molecule has 0 aliphatic rings. The van der Waals surface area contributed by atoms with Crippen molar-refractivity contribution >= 4 is 0 Å². The molecule has 0 aliphatic heterocycles. The highest BCUT2D eigenvalue weighted by Gasteiger charge is 2.06. The van der Waals surface area contributed by atoms with Gasteiger partial charge in [-0.1, -0.05) is 13.8 Å². The molecule has 74 valence electrons. The standard InChI is InChI=1S/C12H16N2/c1-10(2)9-11-12(5-6-13-11)14-7-3-4-8-14/h3-8,10,13H,9H2,1-2H3. The lowest BCUT2D eigenvalue weighted by molar-refractivity contribution is 0.635. The molecule has 0 bridgehead atoms. The van der Waals surface area contributed by atoms with E-state index in [2.05, 4.69) is 41.9 Å². The number of hydrogen-bond acceptors (Lipinski definition) is 0. The summed E-state index contributed by atoms with van der Waals surface area (Å²) in [6.07, 6.45) is 7.26. The van der Waals surface area contributed by atoms with E-state index in [0.717, 1.165) is 6.42 Å². The Morgan fingerprint density at radius 2 is 2.00 bits per heavy atom. The van der Waals surface area contributed by atoms with E-state index in [4.69, 9.17) is 0 Å². The molecule has 0 amide bonds. The van der Waals surface area contributed by atoms with Crippen molar-refractivity contribution in [2.75, 3.05) is 0 Å². The first kappa shape index (κ1) is 9.13. The zero-order valence-corrected chi connectivity index (χ0v) is 8.70. The van der Waals surface area contributed by atoms with Crippen LogP contribution in [0.3, 0.4) is 0 Å². The van der Waals surface area contributed by atoms with Crippen LogP contribution in [0.5, 0.6) is 0 Å². The van der Waals surface area contributed by atoms with Crippen LogP contribution in [-0.2, 0) is 6.42 Å². The van der Waals surface area contributed by atoms with E-state index >= 15 is 0 Å². The Labute approximate surface area is 84.6 Å². The molecule has 0 radical (unpaired) electrons. The maximum atomic E-state index is 3.30. The molecule has 1 N–H and O–H groups in total. The van der Waals surface area contributed by atoms with Crippen molar-refractivity contribution < 1.29 is 0 Å². The van der Waals surface area contributed by atoms with Crippen LogP contribution in [0.1, 0.15) is 19.5 Å². The minimum Gasteiger partial charge on any atom is -0.363 e. The van der Waals surface area contributed by atoms with E-state index < -0.39 is 0 Å². The van der Waals surface area contributed by atoms with Crippen LogP contribution < -0.4 is 0 Å². The summed E-state index contributed by atoms with van der Waals surface area (Å²) in [5.74, 6) is 0.683. The van der Waals surface area contributed by atoms with Gasteiger partial charge in [0.05, 0.1) is 5.69 Å². The van der Waals surface area contributed by atoms with E-state index in [9.17, 15) is 0 Å². The van der Waals surface area contributed by atoms with E-state index in [1.165, 1.54) is 11.4 Å². The summed E-state index contributed by atoms with van der Waals surface area (Å²) < 4.78 is 2.15. The topological polar surface area (TPSA) is 20.7 Å². The summed E-state index contributed by atoms with van der Waals surface area (Å²) in [6.45, 7) is 4.47. The van der Waals surface area contributed by atoms with Crippen LogP contribution in [0.25, 0.3) is 5.69 Å². The largest absolute Gasteiger partial charge is 0.363 e. The van der Waals surface area contributed by atoms with Gasteiger partial charge in [-0.05, 0) is 30.5 Å². The summed E-state index contributed by atoms with van der Waals surface area (Å²) in [4.78, 5) is 3.30. The smallest absolute Gasteiger partial charge is 0.0657 e. The predicted octanol–water partition coefficient (Wildman–Crippen LogP) is 3.00. The van der Waals surface area contributed by atoms with Gasteiger partial charge in [-0.25, -0.2) is 0 Å². The number of nitrogens with one attached hydrogen (secondary N) is 1. The second-order valence-corrected chi connectivity index (χ2v) is 4.03. The Balaban J connectivity index is 2.30. The third-order valence-electron chi connectivity index (χ3n) is 2.30. The Bertz CT molecular complexity index is 382. The molecule has 2 nitrogen and oxygen atoms in total. The Morgan fingerprint density at radius 1 is 1.29 bits per heavy atom. The molecule has 14 heavy (non-hydrogen) atoms. The zero-order valence-electron chi connectivity index (χ0n) is 8.70. The molecule has 0 saturated heterocycles. The van der Waals surface area contributed by atoms with Crippen LogP contribution in [0.4, 0.5) is 0 Å². The SMILES string of the molecule is CC(C)Cc1[nH]ccc1-n1cccc1. The number of H-pyrrole nitrogens is 1. The fourth-order valence-electron chi connectivity index (χ4n) is 1.70. The number of hydrogen-bond donors (Lipinski definition) is 1. The molecule has 0 aromatic carbocycles. The Kier molecular flexibility index (Phi) is 2.44. The van der Waals surface area contributed by atoms with Crippen molar-refractivity contribution in [1.29, 1.82) is 0 Å². The second kappa shape index (κ2) is 3.74. The third kappa shape index (κ3) is 1.74. The first-order valence-electron chi connectivity index (χ1n) is 5.07. The van der Waals surface area contributed by atoms with Gasteiger partial charge in [0, 0.05) is 24.3 Å². The average Bonchev–Trinajstić information content (AvgIpc) is 2.70. The zero-order chi connectivity index (χ0) is 9.97. The normalized spacial score (nSPS) is 11.1. The van der Waals surface area contributed by atoms with Crippen LogP contribution in [0.2, 0.25) is 0 Å². The fraction of sp³-hybridized carbons (Fsp3) is 0.333. The minimum absolute atomic E-state index is 0.683. The van der Waals surface area contributed by atoms with Crippen LogP contribution in [-0.4, -0.2) is 9.55 Å². The molecular weight excluding hydrogens is 172 g/mol. The van der Waals surface area contributed by atoms with Gasteiger partial charge >= 0.3 is 0 Å². The lowest BCUT2D eigenvalue weighted by Gasteiger charge is -2.07. The second-order valence-electron chi connectivity index (χ2n) is 4.03. The van der Waals surface area contributed by atoms with Crippen molar-refractivity contribution in [3.05, 3.63) is 42.5 Å². The summed E-state index contributed by atoms with van der Waals surface area (Å²) in [5.41, 5.74) is 2.58.